The van der Waals surface area contributed by atoms with Crippen molar-refractivity contribution in [3.63, 3.8) is 0 Å². The van der Waals surface area contributed by atoms with E-state index in [1.54, 1.807) is 6.07 Å². The van der Waals surface area contributed by atoms with Crippen LogP contribution in [0.5, 0.6) is 0 Å². The summed E-state index contributed by atoms with van der Waals surface area (Å²) in [6.07, 6.45) is 6.69. The van der Waals surface area contributed by atoms with Crippen LogP contribution in [-0.2, 0) is 0 Å². The minimum atomic E-state index is 0.0462. The van der Waals surface area contributed by atoms with E-state index in [9.17, 15) is 4.79 Å². The van der Waals surface area contributed by atoms with Gasteiger partial charge in [0.05, 0.1) is 11.8 Å². The van der Waals surface area contributed by atoms with Crippen LogP contribution in [0.2, 0.25) is 0 Å². The lowest BCUT2D eigenvalue weighted by Crippen LogP contribution is -2.39. The average molecular weight is 338 g/mol. The van der Waals surface area contributed by atoms with Crippen molar-refractivity contribution in [3.05, 3.63) is 48.3 Å². The number of piperidine rings is 1. The fourth-order valence-corrected chi connectivity index (χ4v) is 3.61. The van der Waals surface area contributed by atoms with Crippen LogP contribution >= 0.6 is 0 Å². The summed E-state index contributed by atoms with van der Waals surface area (Å²) >= 11 is 0. The topological polar surface area (TPSA) is 64.2 Å². The molecule has 3 aromatic rings. The van der Waals surface area contributed by atoms with E-state index in [1.165, 1.54) is 12.5 Å². The normalized spacial score (nSPS) is 16.0. The van der Waals surface area contributed by atoms with Crippen molar-refractivity contribution >= 4 is 17.1 Å². The van der Waals surface area contributed by atoms with Gasteiger partial charge in [-0.05, 0) is 31.0 Å². The lowest BCUT2D eigenvalue weighted by Gasteiger charge is -2.33. The number of pyridine rings is 1. The smallest absolute Gasteiger partial charge is 0.257 e. The number of fused-ring (bicyclic) bond motifs is 1. The van der Waals surface area contributed by atoms with Gasteiger partial charge in [0.1, 0.15) is 17.6 Å². The number of hydrogen-bond donors (Lipinski definition) is 0. The van der Waals surface area contributed by atoms with Gasteiger partial charge in [-0.2, -0.15) is 0 Å². The summed E-state index contributed by atoms with van der Waals surface area (Å²) in [7, 11) is 0. The Morgan fingerprint density at radius 1 is 1.28 bits per heavy atom. The molecule has 0 unspecified atom stereocenters. The van der Waals surface area contributed by atoms with Gasteiger partial charge >= 0.3 is 0 Å². The highest BCUT2D eigenvalue weighted by Gasteiger charge is 2.28. The van der Waals surface area contributed by atoms with Gasteiger partial charge < -0.3 is 13.9 Å². The summed E-state index contributed by atoms with van der Waals surface area (Å²) in [5, 5.41) is 0. The van der Waals surface area contributed by atoms with E-state index in [1.807, 2.05) is 23.2 Å². The zero-order valence-electron chi connectivity index (χ0n) is 14.6. The lowest BCUT2D eigenvalue weighted by atomic mass is 10.0. The highest BCUT2D eigenvalue weighted by molar-refractivity contribution is 5.93. The Morgan fingerprint density at radius 3 is 2.76 bits per heavy atom. The van der Waals surface area contributed by atoms with Gasteiger partial charge in [-0.15, -0.1) is 0 Å². The molecular weight excluding hydrogens is 316 g/mol. The molecule has 1 aliphatic heterocycles. The first kappa shape index (κ1) is 15.9. The number of hydrogen-bond acceptors (Lipinski definition) is 4. The molecule has 1 amide bonds. The van der Waals surface area contributed by atoms with Gasteiger partial charge in [-0.1, -0.05) is 13.8 Å². The standard InChI is InChI=1S/C19H22N4O2/c1-13(2)17-21-16-4-3-8-20-18(16)23(17)15-5-9-22(10-6-15)19(24)14-7-11-25-12-14/h3-4,7-8,11-13,15H,5-6,9-10H2,1-2H3. The molecule has 6 heteroatoms. The first-order valence-corrected chi connectivity index (χ1v) is 8.79. The molecule has 3 aromatic heterocycles. The third kappa shape index (κ3) is 2.81. The minimum Gasteiger partial charge on any atom is -0.472 e. The zero-order chi connectivity index (χ0) is 17.4. The molecule has 0 radical (unpaired) electrons. The molecule has 0 aliphatic carbocycles. The molecule has 0 atom stereocenters. The Hall–Kier alpha value is -2.63. The highest BCUT2D eigenvalue weighted by atomic mass is 16.3. The second kappa shape index (κ2) is 6.35. The second-order valence-electron chi connectivity index (χ2n) is 6.88. The van der Waals surface area contributed by atoms with Gasteiger partial charge in [0, 0.05) is 31.2 Å². The summed E-state index contributed by atoms with van der Waals surface area (Å²) in [4.78, 5) is 23.7. The highest BCUT2D eigenvalue weighted by Crippen LogP contribution is 2.31. The molecule has 0 aromatic carbocycles. The quantitative estimate of drug-likeness (QED) is 0.731. The molecule has 0 spiro atoms. The zero-order valence-corrected chi connectivity index (χ0v) is 14.6. The van der Waals surface area contributed by atoms with Crippen LogP contribution in [0.1, 0.15) is 54.8 Å². The van der Waals surface area contributed by atoms with Crippen molar-refractivity contribution in [3.8, 4) is 0 Å². The van der Waals surface area contributed by atoms with E-state index in [0.29, 0.717) is 17.5 Å². The number of carbonyl (C=O) groups excluding carboxylic acids is 1. The molecule has 0 saturated carbocycles. The van der Waals surface area contributed by atoms with Crippen LogP contribution in [0.3, 0.4) is 0 Å². The van der Waals surface area contributed by atoms with E-state index >= 15 is 0 Å². The molecule has 130 valence electrons. The molecule has 6 nitrogen and oxygen atoms in total. The number of likely N-dealkylation sites (tertiary alicyclic amines) is 1. The second-order valence-corrected chi connectivity index (χ2v) is 6.88. The Kier molecular flexibility index (Phi) is 4.03. The van der Waals surface area contributed by atoms with E-state index in [4.69, 9.17) is 9.40 Å². The van der Waals surface area contributed by atoms with Crippen LogP contribution in [0.15, 0.2) is 41.3 Å². The van der Waals surface area contributed by atoms with Gasteiger partial charge in [0.25, 0.3) is 5.91 Å². The molecule has 1 saturated heterocycles. The fraction of sp³-hybridized carbons (Fsp3) is 0.421. The molecular formula is C19H22N4O2. The number of imidazole rings is 1. The van der Waals surface area contributed by atoms with Crippen LogP contribution in [0.25, 0.3) is 11.2 Å². The number of nitrogens with zero attached hydrogens (tertiary/aromatic N) is 4. The SMILES string of the molecule is CC(C)c1nc2cccnc2n1C1CCN(C(=O)c2ccoc2)CC1. The lowest BCUT2D eigenvalue weighted by molar-refractivity contribution is 0.0694. The molecule has 4 heterocycles. The molecule has 0 N–H and O–H groups in total. The van der Waals surface area contributed by atoms with Crippen LogP contribution in [0, 0.1) is 0 Å². The first-order valence-electron chi connectivity index (χ1n) is 8.79. The molecule has 0 bridgehead atoms. The number of amides is 1. The Labute approximate surface area is 146 Å². The van der Waals surface area contributed by atoms with Gasteiger partial charge in [0.15, 0.2) is 5.65 Å². The largest absolute Gasteiger partial charge is 0.472 e. The summed E-state index contributed by atoms with van der Waals surface area (Å²) in [6, 6.07) is 5.99. The first-order chi connectivity index (χ1) is 12.1. The van der Waals surface area contributed by atoms with Crippen molar-refractivity contribution in [2.75, 3.05) is 13.1 Å². The maximum Gasteiger partial charge on any atom is 0.257 e. The van der Waals surface area contributed by atoms with Crippen molar-refractivity contribution in [2.24, 2.45) is 0 Å². The molecule has 1 fully saturated rings. The summed E-state index contributed by atoms with van der Waals surface area (Å²) in [6.45, 7) is 5.79. The average Bonchev–Trinajstić information content (AvgIpc) is 3.29. The van der Waals surface area contributed by atoms with Crippen LogP contribution < -0.4 is 0 Å². The predicted octanol–water partition coefficient (Wildman–Crippen LogP) is 3.63. The predicted molar refractivity (Wildman–Crippen MR) is 94.5 cm³/mol. The third-order valence-electron chi connectivity index (χ3n) is 4.88. The van der Waals surface area contributed by atoms with Crippen molar-refractivity contribution in [1.29, 1.82) is 0 Å². The summed E-state index contributed by atoms with van der Waals surface area (Å²) in [5.74, 6) is 1.46. The molecule has 25 heavy (non-hydrogen) atoms. The van der Waals surface area contributed by atoms with E-state index in [2.05, 4.69) is 23.4 Å². The van der Waals surface area contributed by atoms with E-state index < -0.39 is 0 Å². The van der Waals surface area contributed by atoms with Crippen LogP contribution in [-0.4, -0.2) is 38.4 Å². The minimum absolute atomic E-state index is 0.0462. The number of rotatable bonds is 3. The third-order valence-corrected chi connectivity index (χ3v) is 4.88. The van der Waals surface area contributed by atoms with E-state index in [-0.39, 0.29) is 5.91 Å². The number of aromatic nitrogens is 3. The maximum atomic E-state index is 12.5. The van der Waals surface area contributed by atoms with Gasteiger partial charge in [0.2, 0.25) is 0 Å². The van der Waals surface area contributed by atoms with Crippen molar-refractivity contribution in [1.82, 2.24) is 19.4 Å². The van der Waals surface area contributed by atoms with Crippen molar-refractivity contribution < 1.29 is 9.21 Å². The van der Waals surface area contributed by atoms with Gasteiger partial charge in [-0.3, -0.25) is 4.79 Å². The van der Waals surface area contributed by atoms with E-state index in [0.717, 1.165) is 42.9 Å². The Morgan fingerprint density at radius 2 is 2.08 bits per heavy atom. The number of furan rings is 1. The Balaban J connectivity index is 1.58. The van der Waals surface area contributed by atoms with Crippen LogP contribution in [0.4, 0.5) is 0 Å². The van der Waals surface area contributed by atoms with Gasteiger partial charge in [-0.25, -0.2) is 9.97 Å². The van der Waals surface area contributed by atoms with Crippen molar-refractivity contribution in [2.45, 2.75) is 38.6 Å². The maximum absolute atomic E-state index is 12.5. The summed E-state index contributed by atoms with van der Waals surface area (Å²) < 4.78 is 7.32. The fourth-order valence-electron chi connectivity index (χ4n) is 3.61. The number of carbonyl (C=O) groups is 1. The Bertz CT molecular complexity index is 874. The monoisotopic (exact) mass is 338 g/mol. The summed E-state index contributed by atoms with van der Waals surface area (Å²) in [5.41, 5.74) is 2.52. The molecule has 4 rings (SSSR count). The molecule has 1 aliphatic rings.